The van der Waals surface area contributed by atoms with Gasteiger partial charge in [0.05, 0.1) is 23.9 Å². The van der Waals surface area contributed by atoms with Crippen molar-refractivity contribution in [3.63, 3.8) is 0 Å². The Labute approximate surface area is 179 Å². The SMILES string of the molecule is CC1CC[C@H](OCC(C)(C)O)[C@@]1(C)CCCC[C@@]1(C)CC[C@](C)(O)C/C1=C/CN. The number of ether oxygens (including phenoxy) is 1. The summed E-state index contributed by atoms with van der Waals surface area (Å²) in [6.45, 7) is 13.7. The van der Waals surface area contributed by atoms with E-state index in [4.69, 9.17) is 10.5 Å². The van der Waals surface area contributed by atoms with Crippen molar-refractivity contribution >= 4 is 0 Å². The first-order valence-electron chi connectivity index (χ1n) is 11.8. The van der Waals surface area contributed by atoms with Crippen LogP contribution in [0, 0.1) is 16.7 Å². The van der Waals surface area contributed by atoms with Crippen LogP contribution >= 0.6 is 0 Å². The van der Waals surface area contributed by atoms with Crippen LogP contribution in [-0.2, 0) is 4.74 Å². The van der Waals surface area contributed by atoms with Gasteiger partial charge in [0.25, 0.3) is 0 Å². The largest absolute Gasteiger partial charge is 0.390 e. The highest BCUT2D eigenvalue weighted by atomic mass is 16.5. The second kappa shape index (κ2) is 9.38. The van der Waals surface area contributed by atoms with Crippen molar-refractivity contribution in [3.8, 4) is 0 Å². The van der Waals surface area contributed by atoms with Crippen LogP contribution < -0.4 is 5.73 Å². The third kappa shape index (κ3) is 6.53. The average molecular weight is 410 g/mol. The standard InChI is InChI=1S/C25H47NO3/c1-19-9-10-21(29-18-22(2,3)27)25(19,6)13-8-7-12-23(4)14-15-24(5,28)17-20(23)11-16-26/h11,19,21,27-28H,7-10,12-18,26H2,1-6H3/b20-11-/t19?,21-,23-,24-,25-/m0/s1. The van der Waals surface area contributed by atoms with Crippen molar-refractivity contribution in [3.05, 3.63) is 11.6 Å². The molecule has 29 heavy (non-hydrogen) atoms. The summed E-state index contributed by atoms with van der Waals surface area (Å²) < 4.78 is 6.19. The molecule has 1 unspecified atom stereocenters. The fourth-order valence-electron chi connectivity index (χ4n) is 5.55. The second-order valence-electron chi connectivity index (χ2n) is 11.5. The summed E-state index contributed by atoms with van der Waals surface area (Å²) >= 11 is 0. The van der Waals surface area contributed by atoms with Gasteiger partial charge in [-0.1, -0.05) is 45.3 Å². The zero-order chi connectivity index (χ0) is 21.9. The molecule has 0 saturated heterocycles. The lowest BCUT2D eigenvalue weighted by atomic mass is 9.64. The predicted octanol–water partition coefficient (Wildman–Crippen LogP) is 4.97. The van der Waals surface area contributed by atoms with Crippen molar-refractivity contribution in [1.82, 2.24) is 0 Å². The first-order chi connectivity index (χ1) is 13.3. The number of hydrogen-bond donors (Lipinski definition) is 3. The highest BCUT2D eigenvalue weighted by molar-refractivity contribution is 5.20. The number of nitrogens with two attached hydrogens (primary N) is 1. The molecule has 0 radical (unpaired) electrons. The predicted molar refractivity (Wildman–Crippen MR) is 121 cm³/mol. The molecule has 0 amide bonds. The minimum Gasteiger partial charge on any atom is -0.390 e. The van der Waals surface area contributed by atoms with Crippen molar-refractivity contribution in [2.75, 3.05) is 13.2 Å². The van der Waals surface area contributed by atoms with E-state index in [9.17, 15) is 10.2 Å². The lowest BCUT2D eigenvalue weighted by molar-refractivity contribution is -0.0912. The number of hydrogen-bond acceptors (Lipinski definition) is 4. The van der Waals surface area contributed by atoms with E-state index >= 15 is 0 Å². The Hall–Kier alpha value is -0.420. The second-order valence-corrected chi connectivity index (χ2v) is 11.5. The highest BCUT2D eigenvalue weighted by Gasteiger charge is 2.45. The van der Waals surface area contributed by atoms with Crippen LogP contribution in [0.15, 0.2) is 11.6 Å². The molecule has 0 aromatic rings. The molecule has 2 fully saturated rings. The van der Waals surface area contributed by atoms with Gasteiger partial charge in [-0.05, 0) is 82.5 Å². The Morgan fingerprint density at radius 2 is 1.79 bits per heavy atom. The molecule has 2 saturated carbocycles. The van der Waals surface area contributed by atoms with E-state index < -0.39 is 11.2 Å². The number of aliphatic hydroxyl groups is 2. The van der Waals surface area contributed by atoms with Crippen molar-refractivity contribution < 1.29 is 14.9 Å². The van der Waals surface area contributed by atoms with Crippen LogP contribution in [0.2, 0.25) is 0 Å². The Kier molecular flexibility index (Phi) is 8.04. The normalized spacial score (nSPS) is 40.0. The van der Waals surface area contributed by atoms with Gasteiger partial charge in [-0.25, -0.2) is 0 Å². The van der Waals surface area contributed by atoms with E-state index in [1.54, 1.807) is 0 Å². The summed E-state index contributed by atoms with van der Waals surface area (Å²) in [5.74, 6) is 0.655. The fourth-order valence-corrected chi connectivity index (χ4v) is 5.55. The molecular weight excluding hydrogens is 362 g/mol. The van der Waals surface area contributed by atoms with Crippen LogP contribution in [0.5, 0.6) is 0 Å². The highest BCUT2D eigenvalue weighted by Crippen LogP contribution is 2.50. The lowest BCUT2D eigenvalue weighted by Crippen LogP contribution is -2.38. The van der Waals surface area contributed by atoms with Crippen molar-refractivity contribution in [1.29, 1.82) is 0 Å². The van der Waals surface area contributed by atoms with Crippen LogP contribution in [-0.4, -0.2) is 40.7 Å². The summed E-state index contributed by atoms with van der Waals surface area (Å²) in [5.41, 5.74) is 6.18. The third-order valence-corrected chi connectivity index (χ3v) is 7.98. The third-order valence-electron chi connectivity index (χ3n) is 7.98. The first-order valence-corrected chi connectivity index (χ1v) is 11.8. The Morgan fingerprint density at radius 1 is 1.14 bits per heavy atom. The van der Waals surface area contributed by atoms with Gasteiger partial charge in [0.1, 0.15) is 0 Å². The number of rotatable bonds is 9. The van der Waals surface area contributed by atoms with Gasteiger partial charge in [-0.2, -0.15) is 0 Å². The molecule has 0 bridgehead atoms. The van der Waals surface area contributed by atoms with E-state index in [-0.39, 0.29) is 16.9 Å². The van der Waals surface area contributed by atoms with E-state index in [1.807, 2.05) is 20.8 Å². The maximum Gasteiger partial charge on any atom is 0.0824 e. The number of unbranched alkanes of at least 4 members (excludes halogenated alkanes) is 1. The van der Waals surface area contributed by atoms with Gasteiger partial charge in [0, 0.05) is 6.54 Å². The summed E-state index contributed by atoms with van der Waals surface area (Å²) in [7, 11) is 0. The molecule has 0 spiro atoms. The molecule has 4 heteroatoms. The smallest absolute Gasteiger partial charge is 0.0824 e. The van der Waals surface area contributed by atoms with Crippen molar-refractivity contribution in [2.45, 2.75) is 117 Å². The average Bonchev–Trinajstić information content (AvgIpc) is 2.88. The summed E-state index contributed by atoms with van der Waals surface area (Å²) in [5, 5.41) is 20.6. The minimum absolute atomic E-state index is 0.167. The van der Waals surface area contributed by atoms with Gasteiger partial charge in [-0.3, -0.25) is 0 Å². The molecule has 4 N–H and O–H groups in total. The molecule has 0 heterocycles. The Morgan fingerprint density at radius 3 is 2.41 bits per heavy atom. The Bertz CT molecular complexity index is 565. The molecule has 2 aliphatic rings. The fraction of sp³-hybridized carbons (Fsp3) is 0.920. The topological polar surface area (TPSA) is 75.7 Å². The van der Waals surface area contributed by atoms with Crippen LogP contribution in [0.3, 0.4) is 0 Å². The maximum atomic E-state index is 10.5. The molecular formula is C25H47NO3. The van der Waals surface area contributed by atoms with Crippen LogP contribution in [0.4, 0.5) is 0 Å². The molecule has 0 aromatic carbocycles. The molecule has 5 atom stereocenters. The van der Waals surface area contributed by atoms with E-state index in [0.717, 1.165) is 32.1 Å². The maximum absolute atomic E-state index is 10.5. The van der Waals surface area contributed by atoms with Gasteiger partial charge in [0.15, 0.2) is 0 Å². The Balaban J connectivity index is 1.91. The van der Waals surface area contributed by atoms with Gasteiger partial charge >= 0.3 is 0 Å². The zero-order valence-corrected chi connectivity index (χ0v) is 19.9. The van der Waals surface area contributed by atoms with Crippen LogP contribution in [0.1, 0.15) is 99.3 Å². The van der Waals surface area contributed by atoms with Crippen LogP contribution in [0.25, 0.3) is 0 Å². The summed E-state index contributed by atoms with van der Waals surface area (Å²) in [6, 6.07) is 0. The van der Waals surface area contributed by atoms with E-state index in [2.05, 4.69) is 26.8 Å². The molecule has 0 aliphatic heterocycles. The monoisotopic (exact) mass is 409 g/mol. The summed E-state index contributed by atoms with van der Waals surface area (Å²) in [4.78, 5) is 0. The van der Waals surface area contributed by atoms with E-state index in [0.29, 0.717) is 19.1 Å². The van der Waals surface area contributed by atoms with E-state index in [1.165, 1.54) is 31.3 Å². The zero-order valence-electron chi connectivity index (χ0n) is 19.9. The lowest BCUT2D eigenvalue weighted by Gasteiger charge is -2.43. The molecule has 0 aromatic heterocycles. The minimum atomic E-state index is -0.769. The van der Waals surface area contributed by atoms with Crippen molar-refractivity contribution in [2.24, 2.45) is 22.5 Å². The summed E-state index contributed by atoms with van der Waals surface area (Å²) in [6.07, 6.45) is 12.1. The molecule has 2 rings (SSSR count). The van der Waals surface area contributed by atoms with Gasteiger partial charge in [-0.15, -0.1) is 0 Å². The molecule has 170 valence electrons. The molecule has 2 aliphatic carbocycles. The van der Waals surface area contributed by atoms with Gasteiger partial charge in [0.2, 0.25) is 0 Å². The first kappa shape index (κ1) is 24.8. The quantitative estimate of drug-likeness (QED) is 0.371. The molecule has 4 nitrogen and oxygen atoms in total. The van der Waals surface area contributed by atoms with Gasteiger partial charge < -0.3 is 20.7 Å².